The van der Waals surface area contributed by atoms with Crippen LogP contribution in [0.25, 0.3) is 22.2 Å². The Morgan fingerprint density at radius 2 is 1.90 bits per heavy atom. The molecule has 4 aromatic rings. The van der Waals surface area contributed by atoms with Gasteiger partial charge in [-0.05, 0) is 98.5 Å². The van der Waals surface area contributed by atoms with E-state index in [1.807, 2.05) is 17.0 Å². The quantitative estimate of drug-likeness (QED) is 0.389. The first-order valence-electron chi connectivity index (χ1n) is 14.3. The number of carbonyl (C=O) groups excluding carboxylic acids is 1. The van der Waals surface area contributed by atoms with Crippen molar-refractivity contribution in [3.05, 3.63) is 71.2 Å². The van der Waals surface area contributed by atoms with Gasteiger partial charge in [0.15, 0.2) is 0 Å². The van der Waals surface area contributed by atoms with Gasteiger partial charge in [0.25, 0.3) is 5.91 Å². The van der Waals surface area contributed by atoms with Crippen LogP contribution in [0.2, 0.25) is 0 Å². The van der Waals surface area contributed by atoms with Gasteiger partial charge in [0.1, 0.15) is 12.1 Å². The summed E-state index contributed by atoms with van der Waals surface area (Å²) < 4.78 is 0. The van der Waals surface area contributed by atoms with Crippen LogP contribution in [0.1, 0.15) is 52.7 Å². The highest BCUT2D eigenvalue weighted by atomic mass is 16.2. The Bertz CT molecular complexity index is 1500. The highest BCUT2D eigenvalue weighted by molar-refractivity contribution is 5.96. The minimum atomic E-state index is 0.155. The van der Waals surface area contributed by atoms with Crippen molar-refractivity contribution in [1.29, 1.82) is 0 Å². The second-order valence-electron chi connectivity index (χ2n) is 11.4. The van der Waals surface area contributed by atoms with E-state index in [1.54, 1.807) is 12.5 Å². The van der Waals surface area contributed by atoms with Gasteiger partial charge in [-0.25, -0.2) is 9.97 Å². The number of carbonyl (C=O) groups is 1. The van der Waals surface area contributed by atoms with Crippen molar-refractivity contribution < 1.29 is 4.79 Å². The van der Waals surface area contributed by atoms with Crippen LogP contribution in [0.3, 0.4) is 0 Å². The molecular weight excluding hydrogens is 486 g/mol. The standard InChI is InChI=1S/C31H35N7O/c1-20-14-24(28-6-10-35-36-28)16-27-29(20)33-19-34-30(27)38-11-7-22-4-5-23(15-25(22)18-38)31(39)37-12-8-26(9-13-37)32-17-21-2-3-21/h4-6,10,14-16,19,21,26,32H,2-3,7-9,11-13,17-18H2,1H3,(H,35,36). The molecule has 2 aliphatic heterocycles. The fourth-order valence-corrected chi connectivity index (χ4v) is 6.15. The Labute approximate surface area is 228 Å². The fraction of sp³-hybridized carbons (Fsp3) is 0.419. The number of aromatic amines is 1. The highest BCUT2D eigenvalue weighted by Crippen LogP contribution is 2.33. The Hall–Kier alpha value is -3.78. The zero-order valence-corrected chi connectivity index (χ0v) is 22.5. The predicted octanol–water partition coefficient (Wildman–Crippen LogP) is 4.50. The normalized spacial score (nSPS) is 18.0. The zero-order valence-electron chi connectivity index (χ0n) is 22.5. The van der Waals surface area contributed by atoms with Gasteiger partial charge in [0.05, 0.1) is 11.2 Å². The number of nitrogens with one attached hydrogen (secondary N) is 2. The van der Waals surface area contributed by atoms with Gasteiger partial charge < -0.3 is 15.1 Å². The summed E-state index contributed by atoms with van der Waals surface area (Å²) in [5.74, 6) is 1.98. The molecule has 1 amide bonds. The summed E-state index contributed by atoms with van der Waals surface area (Å²) in [6, 6.07) is 13.1. The summed E-state index contributed by atoms with van der Waals surface area (Å²) in [5.41, 5.74) is 7.45. The molecule has 1 saturated carbocycles. The van der Waals surface area contributed by atoms with Gasteiger partial charge in [0, 0.05) is 54.9 Å². The number of benzene rings is 2. The number of anilines is 1. The van der Waals surface area contributed by atoms with Gasteiger partial charge in [-0.2, -0.15) is 5.10 Å². The molecule has 2 aromatic heterocycles. The van der Waals surface area contributed by atoms with Crippen LogP contribution >= 0.6 is 0 Å². The largest absolute Gasteiger partial charge is 0.351 e. The monoisotopic (exact) mass is 521 g/mol. The number of fused-ring (bicyclic) bond motifs is 2. The summed E-state index contributed by atoms with van der Waals surface area (Å²) in [7, 11) is 0. The van der Waals surface area contributed by atoms with Gasteiger partial charge in [-0.3, -0.25) is 9.89 Å². The number of likely N-dealkylation sites (tertiary alicyclic amines) is 1. The Morgan fingerprint density at radius 3 is 2.69 bits per heavy atom. The van der Waals surface area contributed by atoms with Gasteiger partial charge in [-0.1, -0.05) is 6.07 Å². The Morgan fingerprint density at radius 1 is 1.03 bits per heavy atom. The smallest absolute Gasteiger partial charge is 0.253 e. The molecule has 0 radical (unpaired) electrons. The molecule has 8 nitrogen and oxygen atoms in total. The lowest BCUT2D eigenvalue weighted by atomic mass is 9.96. The molecule has 3 aliphatic rings. The third-order valence-corrected chi connectivity index (χ3v) is 8.66. The molecule has 2 aromatic carbocycles. The minimum absolute atomic E-state index is 0.155. The average molecular weight is 522 g/mol. The highest BCUT2D eigenvalue weighted by Gasteiger charge is 2.27. The van der Waals surface area contributed by atoms with Crippen LogP contribution in [0, 0.1) is 12.8 Å². The van der Waals surface area contributed by atoms with Crippen LogP contribution in [0.4, 0.5) is 5.82 Å². The molecule has 2 fully saturated rings. The lowest BCUT2D eigenvalue weighted by Gasteiger charge is -2.33. The summed E-state index contributed by atoms with van der Waals surface area (Å²) in [6.45, 7) is 6.49. The maximum atomic E-state index is 13.4. The molecule has 2 N–H and O–H groups in total. The number of aromatic nitrogens is 4. The molecule has 39 heavy (non-hydrogen) atoms. The second-order valence-corrected chi connectivity index (χ2v) is 11.4. The van der Waals surface area contributed by atoms with Crippen molar-refractivity contribution in [3.63, 3.8) is 0 Å². The molecule has 8 heteroatoms. The number of nitrogens with zero attached hydrogens (tertiary/aromatic N) is 5. The van der Waals surface area contributed by atoms with Crippen LogP contribution in [-0.4, -0.2) is 63.2 Å². The number of hydrogen-bond acceptors (Lipinski definition) is 6. The first-order chi connectivity index (χ1) is 19.1. The maximum Gasteiger partial charge on any atom is 0.253 e. The van der Waals surface area contributed by atoms with Crippen molar-refractivity contribution in [2.75, 3.05) is 31.1 Å². The topological polar surface area (TPSA) is 90.0 Å². The van der Waals surface area contributed by atoms with Crippen molar-refractivity contribution in [3.8, 4) is 11.3 Å². The van der Waals surface area contributed by atoms with Gasteiger partial charge in [0.2, 0.25) is 0 Å². The van der Waals surface area contributed by atoms with E-state index < -0.39 is 0 Å². The zero-order chi connectivity index (χ0) is 26.3. The summed E-state index contributed by atoms with van der Waals surface area (Å²) >= 11 is 0. The second kappa shape index (κ2) is 10.1. The average Bonchev–Trinajstić information content (AvgIpc) is 3.65. The van der Waals surface area contributed by atoms with E-state index in [-0.39, 0.29) is 5.91 Å². The van der Waals surface area contributed by atoms with Crippen LogP contribution in [0.5, 0.6) is 0 Å². The summed E-state index contributed by atoms with van der Waals surface area (Å²) in [4.78, 5) is 27.2. The lowest BCUT2D eigenvalue weighted by molar-refractivity contribution is 0.0705. The van der Waals surface area contributed by atoms with Crippen molar-refractivity contribution >= 4 is 22.6 Å². The molecule has 7 rings (SSSR count). The van der Waals surface area contributed by atoms with E-state index in [0.29, 0.717) is 6.04 Å². The summed E-state index contributed by atoms with van der Waals surface area (Å²) in [5, 5.41) is 11.9. The van der Waals surface area contributed by atoms with Gasteiger partial charge >= 0.3 is 0 Å². The lowest BCUT2D eigenvalue weighted by Crippen LogP contribution is -2.45. The molecule has 4 heterocycles. The van der Waals surface area contributed by atoms with E-state index in [9.17, 15) is 4.79 Å². The van der Waals surface area contributed by atoms with Crippen LogP contribution in [-0.2, 0) is 13.0 Å². The van der Waals surface area contributed by atoms with E-state index in [1.165, 1.54) is 24.0 Å². The molecule has 1 aliphatic carbocycles. The first kappa shape index (κ1) is 24.3. The number of amides is 1. The predicted molar refractivity (Wildman–Crippen MR) is 153 cm³/mol. The molecule has 200 valence electrons. The van der Waals surface area contributed by atoms with E-state index in [4.69, 9.17) is 4.98 Å². The van der Waals surface area contributed by atoms with E-state index in [2.05, 4.69) is 56.6 Å². The number of aryl methyl sites for hydroxylation is 1. The van der Waals surface area contributed by atoms with E-state index >= 15 is 0 Å². The fourth-order valence-electron chi connectivity index (χ4n) is 6.15. The first-order valence-corrected chi connectivity index (χ1v) is 14.3. The molecule has 0 atom stereocenters. The van der Waals surface area contributed by atoms with Gasteiger partial charge in [-0.15, -0.1) is 0 Å². The summed E-state index contributed by atoms with van der Waals surface area (Å²) in [6.07, 6.45) is 9.19. The van der Waals surface area contributed by atoms with Crippen molar-refractivity contribution in [2.45, 2.75) is 51.6 Å². The maximum absolute atomic E-state index is 13.4. The minimum Gasteiger partial charge on any atom is -0.351 e. The number of hydrogen-bond donors (Lipinski definition) is 2. The third kappa shape index (κ3) is 4.89. The SMILES string of the molecule is Cc1cc(-c2ccn[nH]2)cc2c(N3CCc4ccc(C(=O)N5CCC(NCC6CC6)CC5)cc4C3)ncnc12. The number of piperidine rings is 1. The molecule has 0 spiro atoms. The Kier molecular flexibility index (Phi) is 6.27. The molecule has 0 bridgehead atoms. The number of H-pyrrole nitrogens is 1. The van der Waals surface area contributed by atoms with Crippen molar-refractivity contribution in [1.82, 2.24) is 30.4 Å². The number of rotatable bonds is 6. The molecule has 1 saturated heterocycles. The van der Waals surface area contributed by atoms with E-state index in [0.717, 1.165) is 97.0 Å². The molecular formula is C31H35N7O. The molecule has 0 unspecified atom stereocenters. The third-order valence-electron chi connectivity index (χ3n) is 8.66. The van der Waals surface area contributed by atoms with Crippen molar-refractivity contribution in [2.24, 2.45) is 5.92 Å². The van der Waals surface area contributed by atoms with Crippen LogP contribution in [0.15, 0.2) is 48.9 Å². The van der Waals surface area contributed by atoms with Crippen LogP contribution < -0.4 is 10.2 Å². The Balaban J connectivity index is 1.10.